The largest absolute Gasteiger partial charge is 0.322 e. The number of anilines is 1. The van der Waals surface area contributed by atoms with Crippen LogP contribution in [0.1, 0.15) is 48.5 Å². The van der Waals surface area contributed by atoms with Crippen molar-refractivity contribution >= 4 is 27.7 Å². The van der Waals surface area contributed by atoms with E-state index < -0.39 is 22.2 Å². The van der Waals surface area contributed by atoms with Gasteiger partial charge in [0.1, 0.15) is 5.82 Å². The minimum atomic E-state index is -3.57. The summed E-state index contributed by atoms with van der Waals surface area (Å²) in [7, 11) is -0.678. The molecule has 1 saturated heterocycles. The van der Waals surface area contributed by atoms with Gasteiger partial charge in [-0.1, -0.05) is 13.3 Å². The molecular weight excluding hydrogens is 420 g/mol. The third-order valence-corrected chi connectivity index (χ3v) is 6.83. The Bertz CT molecular complexity index is 1060. The third-order valence-electron chi connectivity index (χ3n) is 5.00. The second kappa shape index (κ2) is 9.16. The first-order valence-corrected chi connectivity index (χ1v) is 11.5. The number of aryl methyl sites for hydroxylation is 1. The molecule has 1 aliphatic heterocycles. The molecule has 2 atom stereocenters. The highest BCUT2D eigenvalue weighted by Gasteiger charge is 2.28. The van der Waals surface area contributed by atoms with E-state index in [1.807, 2.05) is 0 Å². The van der Waals surface area contributed by atoms with E-state index in [2.05, 4.69) is 28.0 Å². The zero-order chi connectivity index (χ0) is 22.8. The summed E-state index contributed by atoms with van der Waals surface area (Å²) in [6.45, 7) is 3.85. The lowest BCUT2D eigenvalue weighted by atomic mass is 10.1. The average molecular weight is 449 g/mol. The molecule has 3 rings (SSSR count). The van der Waals surface area contributed by atoms with Gasteiger partial charge in [-0.3, -0.25) is 14.9 Å². The summed E-state index contributed by atoms with van der Waals surface area (Å²) in [6, 6.07) is 7.44. The smallest absolute Gasteiger partial charge is 0.256 e. The van der Waals surface area contributed by atoms with Crippen molar-refractivity contribution in [2.75, 3.05) is 19.4 Å². The van der Waals surface area contributed by atoms with E-state index in [1.54, 1.807) is 13.0 Å². The number of sulfonamides is 1. The fourth-order valence-electron chi connectivity index (χ4n) is 3.41. The Morgan fingerprint density at radius 2 is 1.97 bits per heavy atom. The lowest BCUT2D eigenvalue weighted by Gasteiger charge is -2.32. The molecule has 2 aromatic rings. The van der Waals surface area contributed by atoms with Gasteiger partial charge in [0.25, 0.3) is 5.91 Å². The number of nitrogens with one attached hydrogen (secondary N) is 3. The van der Waals surface area contributed by atoms with Crippen molar-refractivity contribution in [3.63, 3.8) is 0 Å². The quantitative estimate of drug-likeness (QED) is 0.588. The normalized spacial score (nSPS) is 19.3. The number of benzene rings is 1. The molecular formula is C20H28N6O4S. The summed E-state index contributed by atoms with van der Waals surface area (Å²) in [5.74, 6) is -0.0741. The molecule has 10 nitrogen and oxygen atoms in total. The van der Waals surface area contributed by atoms with E-state index in [0.717, 1.165) is 17.1 Å². The molecule has 31 heavy (non-hydrogen) atoms. The Kier molecular flexibility index (Phi) is 6.77. The monoisotopic (exact) mass is 448 g/mol. The Labute approximate surface area is 182 Å². The molecule has 0 aliphatic carbocycles. The van der Waals surface area contributed by atoms with E-state index in [1.165, 1.54) is 43.0 Å². The van der Waals surface area contributed by atoms with Crippen molar-refractivity contribution in [1.82, 2.24) is 24.7 Å². The van der Waals surface area contributed by atoms with Crippen LogP contribution in [0.25, 0.3) is 0 Å². The first kappa shape index (κ1) is 22.9. The number of amides is 2. The van der Waals surface area contributed by atoms with Gasteiger partial charge in [-0.05, 0) is 37.6 Å². The van der Waals surface area contributed by atoms with Gasteiger partial charge in [-0.15, -0.1) is 0 Å². The van der Waals surface area contributed by atoms with Crippen LogP contribution in [0.5, 0.6) is 0 Å². The molecule has 2 heterocycles. The van der Waals surface area contributed by atoms with Crippen molar-refractivity contribution in [3.05, 3.63) is 41.6 Å². The van der Waals surface area contributed by atoms with Gasteiger partial charge in [0.05, 0.1) is 10.6 Å². The fraction of sp³-hybridized carbons (Fsp3) is 0.450. The van der Waals surface area contributed by atoms with E-state index in [9.17, 15) is 18.0 Å². The Balaban J connectivity index is 1.79. The van der Waals surface area contributed by atoms with Crippen molar-refractivity contribution < 1.29 is 18.0 Å². The molecule has 0 radical (unpaired) electrons. The molecule has 11 heteroatoms. The highest BCUT2D eigenvalue weighted by atomic mass is 32.2. The molecule has 2 unspecified atom stereocenters. The molecule has 3 N–H and O–H groups in total. The molecule has 1 aliphatic rings. The third kappa shape index (κ3) is 5.12. The number of aromatic nitrogens is 2. The SMILES string of the molecule is CCCC1CC(=O)NC(n2nc(C)cc2NC(=O)c2ccc(S(=O)(=O)N(C)C)cc2)N1. The molecule has 0 bridgehead atoms. The van der Waals surface area contributed by atoms with Crippen LogP contribution in [0.15, 0.2) is 35.2 Å². The van der Waals surface area contributed by atoms with Crippen molar-refractivity contribution in [1.29, 1.82) is 0 Å². The van der Waals surface area contributed by atoms with E-state index in [4.69, 9.17) is 0 Å². The van der Waals surface area contributed by atoms with Crippen molar-refractivity contribution in [3.8, 4) is 0 Å². The van der Waals surface area contributed by atoms with Gasteiger partial charge in [-0.2, -0.15) is 5.10 Å². The molecule has 0 saturated carbocycles. The zero-order valence-electron chi connectivity index (χ0n) is 18.0. The Morgan fingerprint density at radius 3 is 2.58 bits per heavy atom. The number of hydrogen-bond donors (Lipinski definition) is 3. The molecule has 1 aromatic heterocycles. The molecule has 0 spiro atoms. The van der Waals surface area contributed by atoms with E-state index in [0.29, 0.717) is 23.5 Å². The number of rotatable bonds is 7. The maximum Gasteiger partial charge on any atom is 0.256 e. The van der Waals surface area contributed by atoms with E-state index in [-0.39, 0.29) is 16.8 Å². The van der Waals surface area contributed by atoms with Crippen LogP contribution in [0.4, 0.5) is 5.82 Å². The summed E-state index contributed by atoms with van der Waals surface area (Å²) >= 11 is 0. The number of hydrogen-bond acceptors (Lipinski definition) is 6. The summed E-state index contributed by atoms with van der Waals surface area (Å²) in [4.78, 5) is 25.0. The second-order valence-electron chi connectivity index (χ2n) is 7.71. The maximum absolute atomic E-state index is 12.8. The van der Waals surface area contributed by atoms with Gasteiger partial charge in [0.2, 0.25) is 15.9 Å². The zero-order valence-corrected chi connectivity index (χ0v) is 18.9. The van der Waals surface area contributed by atoms with Gasteiger partial charge in [0.15, 0.2) is 6.29 Å². The topological polar surface area (TPSA) is 125 Å². The van der Waals surface area contributed by atoms with Crippen molar-refractivity contribution in [2.45, 2.75) is 50.3 Å². The van der Waals surface area contributed by atoms with Gasteiger partial charge in [-0.25, -0.2) is 17.4 Å². The van der Waals surface area contributed by atoms with Crippen LogP contribution in [0, 0.1) is 6.92 Å². The van der Waals surface area contributed by atoms with Gasteiger partial charge < -0.3 is 10.6 Å². The van der Waals surface area contributed by atoms with Crippen LogP contribution in [0.3, 0.4) is 0 Å². The molecule has 2 amide bonds. The molecule has 1 aromatic carbocycles. The van der Waals surface area contributed by atoms with Crippen molar-refractivity contribution in [2.24, 2.45) is 0 Å². The lowest BCUT2D eigenvalue weighted by molar-refractivity contribution is -0.125. The van der Waals surface area contributed by atoms with Gasteiger partial charge in [0, 0.05) is 38.2 Å². The number of carbonyl (C=O) groups is 2. The first-order chi connectivity index (χ1) is 14.6. The Morgan fingerprint density at radius 1 is 1.29 bits per heavy atom. The summed E-state index contributed by atoms with van der Waals surface area (Å²) in [5.41, 5.74) is 0.976. The molecule has 1 fully saturated rings. The van der Waals surface area contributed by atoms with Crippen LogP contribution >= 0.6 is 0 Å². The summed E-state index contributed by atoms with van der Waals surface area (Å²) in [5, 5.41) is 13.4. The highest BCUT2D eigenvalue weighted by Crippen LogP contribution is 2.20. The Hall–Kier alpha value is -2.76. The summed E-state index contributed by atoms with van der Waals surface area (Å²) < 4.78 is 27.0. The average Bonchev–Trinajstić information content (AvgIpc) is 3.08. The minimum Gasteiger partial charge on any atom is -0.322 e. The lowest BCUT2D eigenvalue weighted by Crippen LogP contribution is -2.53. The van der Waals surface area contributed by atoms with E-state index >= 15 is 0 Å². The number of carbonyl (C=O) groups excluding carboxylic acids is 2. The standard InChI is InChI=1S/C20H28N6O4S/c1-5-6-15-12-18(27)23-20(21-15)26-17(11-13(2)24-26)22-19(28)14-7-9-16(10-8-14)31(29,30)25(3)4/h7-11,15,20-21H,5-6,12H2,1-4H3,(H,22,28)(H,23,27). The van der Waals surface area contributed by atoms with Crippen LogP contribution < -0.4 is 16.0 Å². The minimum absolute atomic E-state index is 0.0306. The molecule has 168 valence electrons. The second-order valence-corrected chi connectivity index (χ2v) is 9.86. The van der Waals surface area contributed by atoms with Crippen LogP contribution in [-0.2, 0) is 14.8 Å². The summed E-state index contributed by atoms with van der Waals surface area (Å²) in [6.07, 6.45) is 1.62. The number of nitrogens with zero attached hydrogens (tertiary/aromatic N) is 3. The van der Waals surface area contributed by atoms with Gasteiger partial charge >= 0.3 is 0 Å². The predicted molar refractivity (Wildman–Crippen MR) is 116 cm³/mol. The predicted octanol–water partition coefficient (Wildman–Crippen LogP) is 1.43. The fourth-order valence-corrected chi connectivity index (χ4v) is 4.31. The van der Waals surface area contributed by atoms with Crippen LogP contribution in [-0.4, -0.2) is 54.5 Å². The first-order valence-electron chi connectivity index (χ1n) is 10.1. The highest BCUT2D eigenvalue weighted by molar-refractivity contribution is 7.89. The maximum atomic E-state index is 12.8. The van der Waals surface area contributed by atoms with Crippen LogP contribution in [0.2, 0.25) is 0 Å².